The van der Waals surface area contributed by atoms with Gasteiger partial charge in [-0.25, -0.2) is 0 Å². The third-order valence-corrected chi connectivity index (χ3v) is 16.0. The quantitative estimate of drug-likeness (QED) is 0.0261. The third kappa shape index (κ3) is 67.8. The van der Waals surface area contributed by atoms with Crippen LogP contribution in [0.3, 0.4) is 0 Å². The molecular formula is C75H136O6. The van der Waals surface area contributed by atoms with E-state index in [1.807, 2.05) is 0 Å². The van der Waals surface area contributed by atoms with E-state index in [0.29, 0.717) is 19.3 Å². The summed E-state index contributed by atoms with van der Waals surface area (Å²) >= 11 is 0. The molecule has 0 aromatic carbocycles. The van der Waals surface area contributed by atoms with Gasteiger partial charge >= 0.3 is 17.9 Å². The highest BCUT2D eigenvalue weighted by Crippen LogP contribution is 2.18. The Labute approximate surface area is 504 Å². The maximum Gasteiger partial charge on any atom is 0.306 e. The maximum atomic E-state index is 12.9. The Morgan fingerprint density at radius 2 is 0.481 bits per heavy atom. The molecule has 0 radical (unpaired) electrons. The number of ether oxygens (including phenoxy) is 3. The summed E-state index contributed by atoms with van der Waals surface area (Å²) in [6.45, 7) is 6.58. The fourth-order valence-corrected chi connectivity index (χ4v) is 10.7. The van der Waals surface area contributed by atoms with E-state index in [-0.39, 0.29) is 31.1 Å². The van der Waals surface area contributed by atoms with Crippen LogP contribution in [-0.4, -0.2) is 37.2 Å². The number of rotatable bonds is 66. The van der Waals surface area contributed by atoms with Crippen molar-refractivity contribution in [3.63, 3.8) is 0 Å². The number of hydrogen-bond donors (Lipinski definition) is 0. The molecule has 0 N–H and O–H groups in total. The molecule has 1 atom stereocenters. The van der Waals surface area contributed by atoms with Gasteiger partial charge in [-0.15, -0.1) is 0 Å². The first-order chi connectivity index (χ1) is 40.0. The third-order valence-electron chi connectivity index (χ3n) is 16.0. The molecule has 0 aliphatic heterocycles. The smallest absolute Gasteiger partial charge is 0.306 e. The molecule has 0 amide bonds. The van der Waals surface area contributed by atoms with Crippen LogP contribution in [0.1, 0.15) is 380 Å². The summed E-state index contributed by atoms with van der Waals surface area (Å²) < 4.78 is 17.0. The molecule has 0 spiro atoms. The second kappa shape index (κ2) is 69.6. The van der Waals surface area contributed by atoms with Crippen LogP contribution in [0.2, 0.25) is 0 Å². The van der Waals surface area contributed by atoms with Crippen molar-refractivity contribution in [2.75, 3.05) is 13.2 Å². The lowest BCUT2D eigenvalue weighted by atomic mass is 10.0. The summed E-state index contributed by atoms with van der Waals surface area (Å²) in [5.41, 5.74) is 0. The predicted octanol–water partition coefficient (Wildman–Crippen LogP) is 24.7. The van der Waals surface area contributed by atoms with Gasteiger partial charge in [-0.3, -0.25) is 14.4 Å². The first-order valence-electron chi connectivity index (χ1n) is 35.8. The highest BCUT2D eigenvalue weighted by Gasteiger charge is 2.19. The number of allylic oxidation sites excluding steroid dienone is 10. The van der Waals surface area contributed by atoms with Crippen LogP contribution < -0.4 is 0 Å². The van der Waals surface area contributed by atoms with Gasteiger partial charge in [0.1, 0.15) is 13.2 Å². The zero-order chi connectivity index (χ0) is 58.5. The van der Waals surface area contributed by atoms with Crippen LogP contribution >= 0.6 is 0 Å². The summed E-state index contributed by atoms with van der Waals surface area (Å²) in [6, 6.07) is 0. The van der Waals surface area contributed by atoms with Crippen molar-refractivity contribution in [2.45, 2.75) is 386 Å². The van der Waals surface area contributed by atoms with Gasteiger partial charge in [0.25, 0.3) is 0 Å². The standard InChI is InChI=1S/C75H136O6/c1-4-7-10-13-16-19-22-25-27-29-31-32-33-34-35-36-37-38-39-40-41-42-44-45-47-50-53-56-59-62-65-68-74(77)80-71-72(70-79-73(76)67-64-61-58-55-52-49-24-21-18-15-12-9-6-3)81-75(78)69-66-63-60-57-54-51-48-46-43-30-28-26-23-20-17-14-11-8-5-2/h7,10,16,19,25-28,31-32,72H,4-6,8-9,11-15,17-18,20-24,29-30,33-71H2,1-3H3/b10-7-,19-16-,27-25-,28-26-,32-31-. The molecule has 81 heavy (non-hydrogen) atoms. The van der Waals surface area contributed by atoms with Gasteiger partial charge in [-0.05, 0) is 83.5 Å². The van der Waals surface area contributed by atoms with Gasteiger partial charge in [-0.2, -0.15) is 0 Å². The number of carbonyl (C=O) groups is 3. The van der Waals surface area contributed by atoms with E-state index in [1.165, 1.54) is 257 Å². The highest BCUT2D eigenvalue weighted by molar-refractivity contribution is 5.71. The molecule has 0 aliphatic carbocycles. The zero-order valence-corrected chi connectivity index (χ0v) is 54.3. The molecule has 0 saturated carbocycles. The summed E-state index contributed by atoms with van der Waals surface area (Å²) in [7, 11) is 0. The van der Waals surface area contributed by atoms with Crippen LogP contribution in [0.15, 0.2) is 60.8 Å². The lowest BCUT2D eigenvalue weighted by Crippen LogP contribution is -2.30. The fourth-order valence-electron chi connectivity index (χ4n) is 10.7. The van der Waals surface area contributed by atoms with Gasteiger partial charge in [0.05, 0.1) is 0 Å². The van der Waals surface area contributed by atoms with Crippen molar-refractivity contribution < 1.29 is 28.6 Å². The SMILES string of the molecule is CC/C=C\C/C=C\C/C=C\C/C=C\CCCCCCCCCCCCCCCCCCCCC(=O)OCC(COC(=O)CCCCCCCCCCCCCCC)OC(=O)CCCCCCCCCCC/C=C\CCCCCCCC. The average Bonchev–Trinajstić information content (AvgIpc) is 3.46. The van der Waals surface area contributed by atoms with E-state index in [4.69, 9.17) is 14.2 Å². The zero-order valence-electron chi connectivity index (χ0n) is 54.3. The van der Waals surface area contributed by atoms with Crippen molar-refractivity contribution in [2.24, 2.45) is 0 Å². The molecule has 0 heterocycles. The van der Waals surface area contributed by atoms with Gasteiger partial charge in [-0.1, -0.05) is 338 Å². The van der Waals surface area contributed by atoms with Gasteiger partial charge in [0, 0.05) is 19.3 Å². The van der Waals surface area contributed by atoms with Crippen LogP contribution in [0, 0.1) is 0 Å². The minimum Gasteiger partial charge on any atom is -0.462 e. The van der Waals surface area contributed by atoms with E-state index in [0.717, 1.165) is 83.5 Å². The highest BCUT2D eigenvalue weighted by atomic mass is 16.6. The summed E-state index contributed by atoms with van der Waals surface area (Å²) in [6.07, 6.45) is 89.7. The second-order valence-electron chi connectivity index (χ2n) is 24.1. The van der Waals surface area contributed by atoms with Crippen LogP contribution in [0.25, 0.3) is 0 Å². The van der Waals surface area contributed by atoms with Crippen molar-refractivity contribution >= 4 is 17.9 Å². The van der Waals surface area contributed by atoms with Crippen molar-refractivity contribution in [3.05, 3.63) is 60.8 Å². The molecule has 0 bridgehead atoms. The normalized spacial score (nSPS) is 12.4. The lowest BCUT2D eigenvalue weighted by molar-refractivity contribution is -0.167. The second-order valence-corrected chi connectivity index (χ2v) is 24.1. The summed E-state index contributed by atoms with van der Waals surface area (Å²) in [4.78, 5) is 38.4. The molecule has 0 fully saturated rings. The fraction of sp³-hybridized carbons (Fsp3) is 0.827. The number of unbranched alkanes of at least 4 members (excludes halogenated alkanes) is 45. The van der Waals surface area contributed by atoms with Crippen molar-refractivity contribution in [3.8, 4) is 0 Å². The van der Waals surface area contributed by atoms with E-state index in [9.17, 15) is 14.4 Å². The molecule has 0 aromatic rings. The number of carbonyl (C=O) groups excluding carboxylic acids is 3. The molecule has 0 saturated heterocycles. The van der Waals surface area contributed by atoms with E-state index in [1.54, 1.807) is 0 Å². The maximum absolute atomic E-state index is 12.9. The molecule has 472 valence electrons. The van der Waals surface area contributed by atoms with E-state index in [2.05, 4.69) is 81.5 Å². The van der Waals surface area contributed by atoms with Gasteiger partial charge in [0.2, 0.25) is 0 Å². The van der Waals surface area contributed by atoms with Gasteiger partial charge in [0.15, 0.2) is 6.10 Å². The lowest BCUT2D eigenvalue weighted by Gasteiger charge is -2.18. The number of esters is 3. The Bertz CT molecular complexity index is 1440. The molecule has 6 heteroatoms. The molecule has 0 aliphatic rings. The minimum atomic E-state index is -0.772. The Morgan fingerprint density at radius 3 is 0.765 bits per heavy atom. The van der Waals surface area contributed by atoms with Gasteiger partial charge < -0.3 is 14.2 Å². The molecule has 1 unspecified atom stereocenters. The Morgan fingerprint density at radius 1 is 0.259 bits per heavy atom. The van der Waals surface area contributed by atoms with Crippen LogP contribution in [-0.2, 0) is 28.6 Å². The predicted molar refractivity (Wildman–Crippen MR) is 353 cm³/mol. The van der Waals surface area contributed by atoms with E-state index < -0.39 is 6.10 Å². The Balaban J connectivity index is 4.17. The first-order valence-corrected chi connectivity index (χ1v) is 35.8. The largest absolute Gasteiger partial charge is 0.462 e. The minimum absolute atomic E-state index is 0.0684. The number of hydrogen-bond acceptors (Lipinski definition) is 6. The summed E-state index contributed by atoms with van der Waals surface area (Å²) in [5.74, 6) is -0.844. The summed E-state index contributed by atoms with van der Waals surface area (Å²) in [5, 5.41) is 0. The Kier molecular flexibility index (Phi) is 67.1. The van der Waals surface area contributed by atoms with Crippen LogP contribution in [0.5, 0.6) is 0 Å². The average molecular weight is 1130 g/mol. The van der Waals surface area contributed by atoms with E-state index >= 15 is 0 Å². The van der Waals surface area contributed by atoms with Crippen molar-refractivity contribution in [1.29, 1.82) is 0 Å². The molecule has 6 nitrogen and oxygen atoms in total. The topological polar surface area (TPSA) is 78.9 Å². The first kappa shape index (κ1) is 78.1. The monoisotopic (exact) mass is 1130 g/mol. The Hall–Kier alpha value is -2.89. The van der Waals surface area contributed by atoms with Crippen LogP contribution in [0.4, 0.5) is 0 Å². The molecular weight excluding hydrogens is 997 g/mol. The molecule has 0 rings (SSSR count). The van der Waals surface area contributed by atoms with Crippen molar-refractivity contribution in [1.82, 2.24) is 0 Å². The molecule has 0 aromatic heterocycles.